The molecule has 0 saturated carbocycles. The van der Waals surface area contributed by atoms with Crippen molar-refractivity contribution in [2.45, 2.75) is 190 Å². The lowest BCUT2D eigenvalue weighted by Crippen LogP contribution is -2.41. The van der Waals surface area contributed by atoms with Gasteiger partial charge in [-0.25, -0.2) is 29.3 Å². The van der Waals surface area contributed by atoms with E-state index in [2.05, 4.69) is 122 Å². The molecule has 6 aromatic rings. The van der Waals surface area contributed by atoms with Crippen LogP contribution in [0.2, 0.25) is 0 Å². The first-order valence-electron chi connectivity index (χ1n) is 31.2. The van der Waals surface area contributed by atoms with E-state index in [0.717, 1.165) is 80.6 Å². The van der Waals surface area contributed by atoms with Crippen molar-refractivity contribution >= 4 is 102 Å². The Morgan fingerprint density at radius 1 is 0.478 bits per heavy atom. The van der Waals surface area contributed by atoms with Gasteiger partial charge in [0.15, 0.2) is 15.4 Å². The molecule has 486 valence electrons. The third-order valence-electron chi connectivity index (χ3n) is 16.8. The number of oxime groups is 2. The molecular weight excluding hydrogens is 1190 g/mol. The number of Topliss-reactive ketones (excluding diaryl/α,β-unsaturated/α-hetero) is 1. The maximum Gasteiger partial charge on any atom is 0.338 e. The Kier molecular flexibility index (Phi) is 21.5. The summed E-state index contributed by atoms with van der Waals surface area (Å²) >= 11 is 5.06. The number of esters is 2. The van der Waals surface area contributed by atoms with Crippen LogP contribution in [-0.2, 0) is 46.8 Å². The number of carbonyl (C=O) groups excluding carboxylic acids is 3. The van der Waals surface area contributed by atoms with Crippen LogP contribution in [0, 0.1) is 17.8 Å². The second kappa shape index (κ2) is 27.4. The summed E-state index contributed by atoms with van der Waals surface area (Å²) < 4.78 is 10.2. The smallest absolute Gasteiger partial charge is 0.338 e. The van der Waals surface area contributed by atoms with Crippen LogP contribution in [0.15, 0.2) is 83.1 Å². The lowest BCUT2D eigenvalue weighted by atomic mass is 9.67. The molecule has 0 saturated heterocycles. The van der Waals surface area contributed by atoms with Crippen LogP contribution >= 0.6 is 34.0 Å². The Morgan fingerprint density at radius 2 is 0.756 bits per heavy atom. The van der Waals surface area contributed by atoms with Crippen LogP contribution in [0.3, 0.4) is 0 Å². The molecule has 3 aromatic carbocycles. The van der Waals surface area contributed by atoms with Crippen molar-refractivity contribution in [3.8, 4) is 0 Å². The molecule has 0 atom stereocenters. The maximum absolute atomic E-state index is 12.8. The Labute approximate surface area is 544 Å². The van der Waals surface area contributed by atoms with Crippen LogP contribution in [0.5, 0.6) is 0 Å². The zero-order valence-corrected chi connectivity index (χ0v) is 58.9. The van der Waals surface area contributed by atoms with E-state index in [-0.39, 0.29) is 39.5 Å². The number of hydrogen-bond acceptors (Lipinski definition) is 19. The third-order valence-corrected chi connectivity index (χ3v) is 21.1. The van der Waals surface area contributed by atoms with Gasteiger partial charge in [0.2, 0.25) is 0 Å². The van der Waals surface area contributed by atoms with Gasteiger partial charge in [-0.1, -0.05) is 93.4 Å². The van der Waals surface area contributed by atoms with Crippen molar-refractivity contribution < 1.29 is 44.2 Å². The largest absolute Gasteiger partial charge is 0.478 e. The minimum atomic E-state index is -0.934. The summed E-state index contributed by atoms with van der Waals surface area (Å²) in [6.07, 6.45) is 1.92. The highest BCUT2D eigenvalue weighted by Gasteiger charge is 2.49. The number of ether oxygens (including phenoxy) is 2. The number of ketones is 1. The monoisotopic (exact) mass is 1290 g/mol. The molecule has 3 aliphatic carbocycles. The summed E-state index contributed by atoms with van der Waals surface area (Å²) in [4.78, 5) is 73.3. The van der Waals surface area contributed by atoms with Crippen LogP contribution in [0.25, 0.3) is 0 Å². The topological polar surface area (TPSA) is 221 Å². The Morgan fingerprint density at radius 3 is 1.02 bits per heavy atom. The number of aromatic nitrogens is 3. The van der Waals surface area contributed by atoms with E-state index < -0.39 is 22.2 Å². The van der Waals surface area contributed by atoms with Crippen molar-refractivity contribution in [3.63, 3.8) is 0 Å². The second-order valence-electron chi connectivity index (χ2n) is 28.5. The first-order chi connectivity index (χ1) is 41.9. The quantitative estimate of drug-likeness (QED) is 0.0439. The molecule has 0 unspecified atom stereocenters. The van der Waals surface area contributed by atoms with Gasteiger partial charge >= 0.3 is 17.9 Å². The number of fused-ring (bicyclic) bond motifs is 3. The van der Waals surface area contributed by atoms with Crippen molar-refractivity contribution in [1.29, 1.82) is 0 Å². The standard InChI is InChI=1S/C24H33N3O3S.C24H32N2O3S.C22H29N3O3S/c1-8-30-21(28)16-9-11-17(12-10-16)27(14-15(2)3)22-25-19-20(31-22)23(4,5)13-18(26-29)24(19,6)7;1-8-29-21(28)16-9-11-17(12-10-16)26(14-15(2)3)22-25-19-20(30-22)23(4,5)13-18(27)24(19,6)7;1-13(2)12-25(15-9-7-14(8-10-15)19(26)27)20-23-17-18(29-20)21(3,4)11-16(24-28)22(17,5)6/h9-12,15,29H,8,13-14H2,1-7H3;9-12,15H,8,13-14H2,1-7H3;7-10,13,28H,11-12H2,1-6H3,(H,26,27)/b26-18-;;24-16-. The SMILES string of the molecule is CC(C)CN(c1ccc(C(=O)O)cc1)c1nc2c(s1)C(C)(C)C/C(=N/O)C2(C)C.CCOC(=O)c1ccc(N(CC(C)C)c2nc3c(s2)C(C)(C)C/C(=N/O)C3(C)C)cc1.CCOC(=O)c1ccc(N(CC(C)C)c2nc3c(s2)C(C)(C)CC(=O)C3(C)C)cc1. The highest BCUT2D eigenvalue weighted by Crippen LogP contribution is 2.52. The van der Waals surface area contributed by atoms with E-state index in [1.54, 1.807) is 84.3 Å². The predicted molar refractivity (Wildman–Crippen MR) is 366 cm³/mol. The first kappa shape index (κ1) is 70.4. The molecule has 20 heteroatoms. The van der Waals surface area contributed by atoms with E-state index in [1.807, 2.05) is 64.1 Å². The van der Waals surface area contributed by atoms with Gasteiger partial charge in [0.05, 0.1) is 63.8 Å². The van der Waals surface area contributed by atoms with Crippen LogP contribution < -0.4 is 14.7 Å². The molecule has 0 fully saturated rings. The highest BCUT2D eigenvalue weighted by atomic mass is 32.1. The molecule has 17 nitrogen and oxygen atoms in total. The predicted octanol–water partition coefficient (Wildman–Crippen LogP) is 17.0. The number of carboxylic acids is 1. The molecular formula is C70H94N8O9S3. The molecule has 3 aromatic heterocycles. The lowest BCUT2D eigenvalue weighted by molar-refractivity contribution is -0.125. The van der Waals surface area contributed by atoms with Crippen molar-refractivity contribution in [3.05, 3.63) is 121 Å². The number of anilines is 6. The number of carbonyl (C=O) groups is 4. The van der Waals surface area contributed by atoms with Gasteiger partial charge in [0, 0.05) is 84.8 Å². The summed E-state index contributed by atoms with van der Waals surface area (Å²) in [7, 11) is 0. The third kappa shape index (κ3) is 15.0. The molecule has 3 N–H and O–H groups in total. The lowest BCUT2D eigenvalue weighted by Gasteiger charge is -2.38. The number of hydrogen-bond donors (Lipinski definition) is 3. The Balaban J connectivity index is 0.000000192. The molecule has 0 aliphatic heterocycles. The van der Waals surface area contributed by atoms with Crippen LogP contribution in [0.1, 0.15) is 221 Å². The molecule has 0 radical (unpaired) electrons. The van der Waals surface area contributed by atoms with E-state index in [1.165, 1.54) is 14.6 Å². The van der Waals surface area contributed by atoms with E-state index in [0.29, 0.717) is 61.4 Å². The molecule has 3 heterocycles. The van der Waals surface area contributed by atoms with E-state index in [9.17, 15) is 34.7 Å². The summed E-state index contributed by atoms with van der Waals surface area (Å²) in [5.74, 6) is -0.0908. The van der Waals surface area contributed by atoms with Gasteiger partial charge in [0.25, 0.3) is 0 Å². The molecule has 9 rings (SSSR count). The highest BCUT2D eigenvalue weighted by molar-refractivity contribution is 7.16. The zero-order valence-electron chi connectivity index (χ0n) is 56.4. The van der Waals surface area contributed by atoms with Crippen molar-refractivity contribution in [2.75, 3.05) is 47.5 Å². The molecule has 0 spiro atoms. The number of rotatable bonds is 17. The number of thiazole rings is 3. The number of nitrogens with zero attached hydrogens (tertiary/aromatic N) is 8. The molecule has 3 aliphatic rings. The first-order valence-corrected chi connectivity index (χ1v) is 33.6. The van der Waals surface area contributed by atoms with Crippen molar-refractivity contribution in [2.24, 2.45) is 28.1 Å². The minimum Gasteiger partial charge on any atom is -0.478 e. The second-order valence-corrected chi connectivity index (χ2v) is 31.4. The average Bonchev–Trinajstić information content (AvgIpc) is 1.56. The molecule has 90 heavy (non-hydrogen) atoms. The molecule has 0 amide bonds. The number of benzene rings is 3. The Bertz CT molecular complexity index is 3610. The zero-order chi connectivity index (χ0) is 66.8. The van der Waals surface area contributed by atoms with Crippen molar-refractivity contribution in [1.82, 2.24) is 15.0 Å². The fraction of sp³-hybridized carbons (Fsp3) is 0.529. The van der Waals surface area contributed by atoms with Gasteiger partial charge in [-0.15, -0.1) is 34.0 Å². The summed E-state index contributed by atoms with van der Waals surface area (Å²) in [5.41, 5.74) is 6.60. The summed E-state index contributed by atoms with van der Waals surface area (Å²) in [6.45, 7) is 44.8. The number of aromatic carboxylic acids is 1. The Hall–Kier alpha value is -7.03. The summed E-state index contributed by atoms with van der Waals surface area (Å²) in [6, 6.07) is 21.9. The average molecular weight is 1290 g/mol. The fourth-order valence-electron chi connectivity index (χ4n) is 11.5. The normalized spacial score (nSPS) is 17.9. The van der Waals surface area contributed by atoms with Gasteiger partial charge in [-0.3, -0.25) is 4.79 Å². The van der Waals surface area contributed by atoms with Gasteiger partial charge in [0.1, 0.15) is 5.78 Å². The van der Waals surface area contributed by atoms with E-state index in [4.69, 9.17) is 24.4 Å². The summed E-state index contributed by atoms with van der Waals surface area (Å²) in [5, 5.41) is 38.3. The maximum atomic E-state index is 12.8. The minimum absolute atomic E-state index is 0.153. The van der Waals surface area contributed by atoms with Crippen LogP contribution in [0.4, 0.5) is 32.5 Å². The van der Waals surface area contributed by atoms with E-state index >= 15 is 0 Å². The van der Waals surface area contributed by atoms with Crippen LogP contribution in [-0.4, -0.2) is 98.4 Å². The fourth-order valence-corrected chi connectivity index (χ4v) is 15.6. The van der Waals surface area contributed by atoms with Gasteiger partial charge < -0.3 is 39.7 Å². The molecule has 0 bridgehead atoms. The van der Waals surface area contributed by atoms with Gasteiger partial charge in [-0.2, -0.15) is 0 Å². The number of carboxylic acid groups (broad SMARTS) is 1. The van der Waals surface area contributed by atoms with Gasteiger partial charge in [-0.05, 0) is 159 Å².